The fraction of sp³-hybridized carbons (Fsp3) is 0.185. The first kappa shape index (κ1) is 27.1. The predicted octanol–water partition coefficient (Wildman–Crippen LogP) is 9.25. The van der Waals surface area contributed by atoms with Gasteiger partial charge >= 0.3 is 0 Å². The predicted molar refractivity (Wildman–Crippen MR) is 156 cm³/mol. The van der Waals surface area contributed by atoms with Gasteiger partial charge in [0.2, 0.25) is 0 Å². The number of rotatable bonds is 7. The molecule has 0 atom stereocenters. The molecule has 0 N–H and O–H groups in total. The topological polar surface area (TPSA) is 41.9 Å². The third-order valence-electron chi connectivity index (χ3n) is 5.14. The molecule has 1 aliphatic rings. The summed E-state index contributed by atoms with van der Waals surface area (Å²) in [5.41, 5.74) is 2.31. The molecular formula is C27H22BrCl3N2O2S. The molecule has 4 rings (SSSR count). The lowest BCUT2D eigenvalue weighted by molar-refractivity contribution is -0.122. The van der Waals surface area contributed by atoms with Crippen LogP contribution in [0.2, 0.25) is 15.1 Å². The monoisotopic (exact) mass is 622 g/mol. The fourth-order valence-electron chi connectivity index (χ4n) is 3.44. The Morgan fingerprint density at radius 3 is 2.44 bits per heavy atom. The maximum atomic E-state index is 13.4. The van der Waals surface area contributed by atoms with Gasteiger partial charge in [-0.3, -0.25) is 9.69 Å². The smallest absolute Gasteiger partial charge is 0.266 e. The van der Waals surface area contributed by atoms with Crippen molar-refractivity contribution in [3.8, 4) is 5.75 Å². The van der Waals surface area contributed by atoms with Crippen molar-refractivity contribution in [1.82, 2.24) is 4.90 Å². The summed E-state index contributed by atoms with van der Waals surface area (Å²) in [7, 11) is 0. The molecule has 1 amide bonds. The molecule has 36 heavy (non-hydrogen) atoms. The van der Waals surface area contributed by atoms with Crippen LogP contribution in [0.5, 0.6) is 5.75 Å². The minimum Gasteiger partial charge on any atom is -0.488 e. The van der Waals surface area contributed by atoms with Crippen molar-refractivity contribution in [2.24, 2.45) is 10.9 Å². The van der Waals surface area contributed by atoms with Crippen molar-refractivity contribution < 1.29 is 9.53 Å². The second-order valence-corrected chi connectivity index (χ2v) is 11.7. The number of halogens is 4. The molecule has 9 heteroatoms. The highest BCUT2D eigenvalue weighted by Gasteiger charge is 2.34. The van der Waals surface area contributed by atoms with Crippen molar-refractivity contribution in [3.05, 3.63) is 96.2 Å². The Bertz CT molecular complexity index is 1340. The fourth-order valence-corrected chi connectivity index (χ4v) is 5.41. The largest absolute Gasteiger partial charge is 0.488 e. The molecule has 1 aliphatic heterocycles. The number of benzene rings is 3. The molecule has 1 fully saturated rings. The van der Waals surface area contributed by atoms with Crippen LogP contribution in [0.1, 0.15) is 25.0 Å². The van der Waals surface area contributed by atoms with Crippen LogP contribution in [0.3, 0.4) is 0 Å². The minimum absolute atomic E-state index is 0.0897. The van der Waals surface area contributed by atoms with Gasteiger partial charge in [-0.1, -0.05) is 70.6 Å². The van der Waals surface area contributed by atoms with Gasteiger partial charge in [-0.2, -0.15) is 0 Å². The SMILES string of the molecule is CC(C)CN1C(=O)/C(=C/c2cc(Br)ccc2OCc2ccc(Cl)cc2Cl)SC1=Nc1ccc(Cl)cc1. The number of carbonyl (C=O) groups excluding carboxylic acids is 1. The number of aliphatic imine (C=N–C) groups is 1. The number of carbonyl (C=O) groups is 1. The van der Waals surface area contributed by atoms with Crippen molar-refractivity contribution in [2.75, 3.05) is 6.54 Å². The van der Waals surface area contributed by atoms with E-state index in [9.17, 15) is 4.79 Å². The van der Waals surface area contributed by atoms with Crippen LogP contribution in [0.25, 0.3) is 6.08 Å². The van der Waals surface area contributed by atoms with E-state index in [2.05, 4.69) is 29.8 Å². The molecule has 0 radical (unpaired) electrons. The van der Waals surface area contributed by atoms with Crippen LogP contribution < -0.4 is 4.74 Å². The van der Waals surface area contributed by atoms with Gasteiger partial charge in [-0.05, 0) is 78.4 Å². The van der Waals surface area contributed by atoms with Crippen LogP contribution in [-0.2, 0) is 11.4 Å². The highest BCUT2D eigenvalue weighted by Crippen LogP contribution is 2.37. The second-order valence-electron chi connectivity index (χ2n) is 8.50. The third kappa shape index (κ3) is 6.87. The second kappa shape index (κ2) is 12.1. The van der Waals surface area contributed by atoms with E-state index in [1.165, 1.54) is 11.8 Å². The molecule has 186 valence electrons. The zero-order valence-corrected chi connectivity index (χ0v) is 24.1. The number of hydrogen-bond acceptors (Lipinski definition) is 4. The van der Waals surface area contributed by atoms with E-state index in [1.54, 1.807) is 29.2 Å². The summed E-state index contributed by atoms with van der Waals surface area (Å²) in [4.78, 5) is 20.4. The van der Waals surface area contributed by atoms with E-state index < -0.39 is 0 Å². The summed E-state index contributed by atoms with van der Waals surface area (Å²) in [5.74, 6) is 0.815. The number of nitrogens with zero attached hydrogens (tertiary/aromatic N) is 2. The molecule has 3 aromatic rings. The molecule has 0 spiro atoms. The lowest BCUT2D eigenvalue weighted by Crippen LogP contribution is -2.32. The summed E-state index contributed by atoms with van der Waals surface area (Å²) in [6.07, 6.45) is 1.84. The van der Waals surface area contributed by atoms with E-state index >= 15 is 0 Å². The molecular weight excluding hydrogens is 603 g/mol. The standard InChI is InChI=1S/C27H22BrCl3N2O2S/c1-16(2)14-33-26(34)25(36-27(33)32-22-8-6-20(29)7-9-22)12-18-11-19(28)4-10-24(18)35-15-17-3-5-21(30)13-23(17)31/h3-13,16H,14-15H2,1-2H3/b25-12-,32-27?. The van der Waals surface area contributed by atoms with Gasteiger partial charge in [0.05, 0.1) is 10.6 Å². The Morgan fingerprint density at radius 2 is 1.75 bits per heavy atom. The van der Waals surface area contributed by atoms with Gasteiger partial charge in [-0.25, -0.2) is 4.99 Å². The molecule has 1 heterocycles. The molecule has 0 unspecified atom stereocenters. The third-order valence-corrected chi connectivity index (χ3v) is 7.48. The molecule has 0 aromatic heterocycles. The minimum atomic E-state index is -0.0897. The summed E-state index contributed by atoms with van der Waals surface area (Å²) in [5, 5.41) is 2.37. The van der Waals surface area contributed by atoms with Crippen LogP contribution >= 0.6 is 62.5 Å². The Morgan fingerprint density at radius 1 is 1.03 bits per heavy atom. The van der Waals surface area contributed by atoms with Crippen LogP contribution in [0, 0.1) is 5.92 Å². The number of amides is 1. The number of hydrogen-bond donors (Lipinski definition) is 0. The Hall–Kier alpha value is -1.96. The van der Waals surface area contributed by atoms with Gasteiger partial charge in [0, 0.05) is 37.2 Å². The lowest BCUT2D eigenvalue weighted by Gasteiger charge is -2.17. The van der Waals surface area contributed by atoms with E-state index in [-0.39, 0.29) is 18.4 Å². The van der Waals surface area contributed by atoms with E-state index in [4.69, 9.17) is 44.5 Å². The van der Waals surface area contributed by atoms with Crippen molar-refractivity contribution >= 4 is 85.3 Å². The van der Waals surface area contributed by atoms with Gasteiger partial charge in [-0.15, -0.1) is 0 Å². The van der Waals surface area contributed by atoms with E-state index in [0.29, 0.717) is 37.4 Å². The summed E-state index contributed by atoms with van der Waals surface area (Å²) in [6, 6.07) is 18.2. The summed E-state index contributed by atoms with van der Waals surface area (Å²) < 4.78 is 6.97. The number of amidine groups is 1. The Kier molecular flexibility index (Phi) is 9.07. The first-order valence-corrected chi connectivity index (χ1v) is 13.9. The molecule has 0 saturated carbocycles. The van der Waals surface area contributed by atoms with E-state index in [1.807, 2.05) is 42.5 Å². The molecule has 3 aromatic carbocycles. The maximum Gasteiger partial charge on any atom is 0.266 e. The van der Waals surface area contributed by atoms with Crippen LogP contribution in [-0.4, -0.2) is 22.5 Å². The lowest BCUT2D eigenvalue weighted by atomic mass is 10.1. The Labute approximate surface area is 238 Å². The van der Waals surface area contributed by atoms with Gasteiger partial charge in [0.25, 0.3) is 5.91 Å². The molecule has 4 nitrogen and oxygen atoms in total. The number of ether oxygens (including phenoxy) is 1. The summed E-state index contributed by atoms with van der Waals surface area (Å²) >= 11 is 23.2. The van der Waals surface area contributed by atoms with Gasteiger partial charge < -0.3 is 4.74 Å². The highest BCUT2D eigenvalue weighted by molar-refractivity contribution is 9.10. The quantitative estimate of drug-likeness (QED) is 0.246. The summed E-state index contributed by atoms with van der Waals surface area (Å²) in [6.45, 7) is 4.97. The average molecular weight is 625 g/mol. The highest BCUT2D eigenvalue weighted by atomic mass is 79.9. The molecule has 0 aliphatic carbocycles. The van der Waals surface area contributed by atoms with Crippen molar-refractivity contribution in [1.29, 1.82) is 0 Å². The normalized spacial score (nSPS) is 16.0. The zero-order valence-electron chi connectivity index (χ0n) is 19.5. The van der Waals surface area contributed by atoms with Crippen molar-refractivity contribution in [3.63, 3.8) is 0 Å². The average Bonchev–Trinajstić information content (AvgIpc) is 3.09. The number of thioether (sulfide) groups is 1. The first-order valence-electron chi connectivity index (χ1n) is 11.1. The van der Waals surface area contributed by atoms with Crippen molar-refractivity contribution in [2.45, 2.75) is 20.5 Å². The molecule has 0 bridgehead atoms. The van der Waals surface area contributed by atoms with Gasteiger partial charge in [0.15, 0.2) is 5.17 Å². The first-order chi connectivity index (χ1) is 17.2. The zero-order chi connectivity index (χ0) is 25.8. The van der Waals surface area contributed by atoms with E-state index in [0.717, 1.165) is 21.3 Å². The van der Waals surface area contributed by atoms with Gasteiger partial charge in [0.1, 0.15) is 12.4 Å². The molecule has 1 saturated heterocycles. The van der Waals surface area contributed by atoms with Crippen LogP contribution in [0.15, 0.2) is 75.0 Å². The Balaban J connectivity index is 1.64. The maximum absolute atomic E-state index is 13.4. The van der Waals surface area contributed by atoms with Crippen LogP contribution in [0.4, 0.5) is 5.69 Å².